The van der Waals surface area contributed by atoms with Crippen molar-refractivity contribution in [1.29, 1.82) is 0 Å². The van der Waals surface area contributed by atoms with E-state index in [1.54, 1.807) is 0 Å². The van der Waals surface area contributed by atoms with Gasteiger partial charge in [-0.1, -0.05) is 170 Å². The van der Waals surface area contributed by atoms with Crippen LogP contribution in [0.1, 0.15) is 0 Å². The number of hydrogen-bond donors (Lipinski definition) is 0. The summed E-state index contributed by atoms with van der Waals surface area (Å²) in [6.45, 7) is 0. The molecule has 276 valence electrons. The number of benzene rings is 10. The average Bonchev–Trinajstić information content (AvgIpc) is 3.85. The zero-order chi connectivity index (χ0) is 38.9. The number of rotatable bonds is 6. The van der Waals surface area contributed by atoms with Crippen molar-refractivity contribution in [3.05, 3.63) is 218 Å². The van der Waals surface area contributed by atoms with E-state index in [4.69, 9.17) is 0 Å². The van der Waals surface area contributed by atoms with Crippen molar-refractivity contribution >= 4 is 91.9 Å². The van der Waals surface area contributed by atoms with Crippen LogP contribution >= 0.6 is 11.3 Å². The minimum Gasteiger partial charge on any atom is -0.310 e. The molecule has 12 rings (SSSR count). The van der Waals surface area contributed by atoms with E-state index in [2.05, 4.69) is 228 Å². The molecule has 2 nitrogen and oxygen atoms in total. The zero-order valence-electron chi connectivity index (χ0n) is 32.1. The van der Waals surface area contributed by atoms with Crippen LogP contribution < -0.4 is 4.90 Å². The summed E-state index contributed by atoms with van der Waals surface area (Å²) in [4.78, 5) is 2.45. The van der Waals surface area contributed by atoms with Crippen LogP contribution in [-0.4, -0.2) is 4.57 Å². The van der Waals surface area contributed by atoms with E-state index in [-0.39, 0.29) is 0 Å². The second kappa shape index (κ2) is 13.6. The summed E-state index contributed by atoms with van der Waals surface area (Å²) in [6, 6.07) is 79.8. The maximum absolute atomic E-state index is 2.45. The molecule has 0 unspecified atom stereocenters. The Morgan fingerprint density at radius 1 is 0.356 bits per heavy atom. The molecule has 0 atom stereocenters. The SMILES string of the molecule is c1ccc(-n2c3ccccc3c3sc4c(-c5cccc(N(c6ccc(-c7cccc8ccccc78)cc6)c6cc7ccccc7c7ccccc67)c5)cccc4c32)cc1. The fraction of sp³-hybridized carbons (Fsp3) is 0. The lowest BCUT2D eigenvalue weighted by atomic mass is 9.97. The summed E-state index contributed by atoms with van der Waals surface area (Å²) >= 11 is 1.90. The molecule has 0 fully saturated rings. The molecular formula is C56H36N2S. The van der Waals surface area contributed by atoms with Crippen molar-refractivity contribution in [3.63, 3.8) is 0 Å². The van der Waals surface area contributed by atoms with E-state index >= 15 is 0 Å². The first kappa shape index (κ1) is 33.7. The first-order valence-corrected chi connectivity index (χ1v) is 21.0. The molecule has 3 heteroatoms. The van der Waals surface area contributed by atoms with Crippen LogP contribution in [0.2, 0.25) is 0 Å². The lowest BCUT2D eigenvalue weighted by Crippen LogP contribution is -2.10. The molecule has 0 aliphatic rings. The maximum Gasteiger partial charge on any atom is 0.0727 e. The van der Waals surface area contributed by atoms with E-state index in [9.17, 15) is 0 Å². The van der Waals surface area contributed by atoms with Gasteiger partial charge in [-0.3, -0.25) is 0 Å². The van der Waals surface area contributed by atoms with Crippen LogP contribution in [0.15, 0.2) is 218 Å². The van der Waals surface area contributed by atoms with Crippen LogP contribution in [0.4, 0.5) is 17.1 Å². The fourth-order valence-electron chi connectivity index (χ4n) is 9.29. The molecule has 2 aromatic heterocycles. The Labute approximate surface area is 346 Å². The highest BCUT2D eigenvalue weighted by molar-refractivity contribution is 7.27. The molecule has 0 radical (unpaired) electrons. The summed E-state index contributed by atoms with van der Waals surface area (Å²) in [6.07, 6.45) is 0. The molecule has 0 N–H and O–H groups in total. The monoisotopic (exact) mass is 768 g/mol. The van der Waals surface area contributed by atoms with Crippen molar-refractivity contribution in [2.75, 3.05) is 4.90 Å². The van der Waals surface area contributed by atoms with Gasteiger partial charge in [0, 0.05) is 37.9 Å². The molecule has 0 bridgehead atoms. The third kappa shape index (κ3) is 5.40. The smallest absolute Gasteiger partial charge is 0.0727 e. The Kier molecular flexibility index (Phi) is 7.75. The first-order valence-electron chi connectivity index (χ1n) is 20.2. The van der Waals surface area contributed by atoms with Crippen molar-refractivity contribution in [1.82, 2.24) is 4.57 Å². The Balaban J connectivity index is 1.06. The summed E-state index contributed by atoms with van der Waals surface area (Å²) in [5.41, 5.74) is 11.9. The predicted molar refractivity (Wildman–Crippen MR) is 254 cm³/mol. The van der Waals surface area contributed by atoms with Gasteiger partial charge in [0.25, 0.3) is 0 Å². The summed E-state index contributed by atoms with van der Waals surface area (Å²) in [7, 11) is 0. The number of fused-ring (bicyclic) bond motifs is 9. The van der Waals surface area contributed by atoms with Gasteiger partial charge in [0.05, 0.1) is 21.4 Å². The average molecular weight is 769 g/mol. The third-order valence-corrected chi connectivity index (χ3v) is 13.2. The van der Waals surface area contributed by atoms with Gasteiger partial charge in [-0.05, 0) is 97.7 Å². The lowest BCUT2D eigenvalue weighted by Gasteiger charge is -2.28. The molecule has 0 saturated heterocycles. The normalized spacial score (nSPS) is 11.7. The minimum absolute atomic E-state index is 1.11. The van der Waals surface area contributed by atoms with E-state index in [1.807, 2.05) is 11.3 Å². The number of thiophene rings is 1. The molecule has 0 saturated carbocycles. The van der Waals surface area contributed by atoms with Crippen LogP contribution in [0.25, 0.3) is 91.5 Å². The third-order valence-electron chi connectivity index (χ3n) is 11.9. The second-order valence-electron chi connectivity index (χ2n) is 15.3. The number of anilines is 3. The number of para-hydroxylation sites is 2. The lowest BCUT2D eigenvalue weighted by molar-refractivity contribution is 1.19. The summed E-state index contributed by atoms with van der Waals surface area (Å²) in [5, 5.41) is 10.0. The molecule has 12 aromatic rings. The van der Waals surface area contributed by atoms with Gasteiger partial charge in [0.1, 0.15) is 0 Å². The largest absolute Gasteiger partial charge is 0.310 e. The van der Waals surface area contributed by atoms with Gasteiger partial charge in [-0.25, -0.2) is 0 Å². The zero-order valence-corrected chi connectivity index (χ0v) is 32.9. The van der Waals surface area contributed by atoms with Crippen molar-refractivity contribution < 1.29 is 0 Å². The Bertz CT molecular complexity index is 3550. The Morgan fingerprint density at radius 3 is 1.83 bits per heavy atom. The highest BCUT2D eigenvalue weighted by Crippen LogP contribution is 2.47. The molecule has 0 spiro atoms. The highest BCUT2D eigenvalue weighted by atomic mass is 32.1. The quantitative estimate of drug-likeness (QED) is 0.153. The number of nitrogens with zero attached hydrogens (tertiary/aromatic N) is 2. The van der Waals surface area contributed by atoms with Crippen LogP contribution in [0.3, 0.4) is 0 Å². The van der Waals surface area contributed by atoms with Gasteiger partial charge in [0.15, 0.2) is 0 Å². The van der Waals surface area contributed by atoms with Crippen LogP contribution in [0, 0.1) is 0 Å². The van der Waals surface area contributed by atoms with E-state index in [0.29, 0.717) is 0 Å². The molecule has 0 aliphatic heterocycles. The molecule has 59 heavy (non-hydrogen) atoms. The Hall–Kier alpha value is -7.46. The predicted octanol–water partition coefficient (Wildman–Crippen LogP) is 16.3. The minimum atomic E-state index is 1.11. The standard InChI is InChI=1S/C56H36N2S/c1-2-19-41(20-3-1)58-52-30-11-10-26-50(52)56-54(58)51-29-14-28-47(55(51)59-56)39-18-12-21-43(35-39)57(53-36-40-16-5-7-23-46(40)48-24-8-9-25-49(48)53)42-33-31-38(32-34-42)45-27-13-17-37-15-4-6-22-44(37)45/h1-36H. The maximum atomic E-state index is 2.45. The van der Waals surface area contributed by atoms with E-state index in [0.717, 1.165) is 17.1 Å². The van der Waals surface area contributed by atoms with Crippen molar-refractivity contribution in [3.8, 4) is 27.9 Å². The summed E-state index contributed by atoms with van der Waals surface area (Å²) in [5.74, 6) is 0. The molecule has 10 aromatic carbocycles. The summed E-state index contributed by atoms with van der Waals surface area (Å²) < 4.78 is 5.06. The second-order valence-corrected chi connectivity index (χ2v) is 16.3. The van der Waals surface area contributed by atoms with Gasteiger partial charge < -0.3 is 9.47 Å². The Morgan fingerprint density at radius 2 is 0.983 bits per heavy atom. The molecule has 0 aliphatic carbocycles. The van der Waals surface area contributed by atoms with Crippen LogP contribution in [-0.2, 0) is 0 Å². The highest BCUT2D eigenvalue weighted by Gasteiger charge is 2.22. The number of aromatic nitrogens is 1. The molecule has 0 amide bonds. The number of hydrogen-bond acceptors (Lipinski definition) is 2. The van der Waals surface area contributed by atoms with Gasteiger partial charge >= 0.3 is 0 Å². The fourth-order valence-corrected chi connectivity index (χ4v) is 10.6. The van der Waals surface area contributed by atoms with E-state index in [1.165, 1.54) is 91.5 Å². The topological polar surface area (TPSA) is 8.17 Å². The first-order chi connectivity index (χ1) is 29.3. The molecule has 2 heterocycles. The van der Waals surface area contributed by atoms with Crippen molar-refractivity contribution in [2.24, 2.45) is 0 Å². The van der Waals surface area contributed by atoms with Gasteiger partial charge in [-0.15, -0.1) is 11.3 Å². The van der Waals surface area contributed by atoms with Gasteiger partial charge in [-0.2, -0.15) is 0 Å². The molecular weight excluding hydrogens is 733 g/mol. The van der Waals surface area contributed by atoms with E-state index < -0.39 is 0 Å². The van der Waals surface area contributed by atoms with Crippen molar-refractivity contribution in [2.45, 2.75) is 0 Å². The van der Waals surface area contributed by atoms with Crippen LogP contribution in [0.5, 0.6) is 0 Å². The van der Waals surface area contributed by atoms with Gasteiger partial charge in [0.2, 0.25) is 0 Å².